The summed E-state index contributed by atoms with van der Waals surface area (Å²) in [6.45, 7) is 2.41. The fourth-order valence-electron chi connectivity index (χ4n) is 0.959. The van der Waals surface area contributed by atoms with Crippen molar-refractivity contribution >= 4 is 0 Å². The number of nitrogens with two attached hydrogens (primary N) is 2. The van der Waals surface area contributed by atoms with E-state index < -0.39 is 0 Å². The molecule has 0 amide bonds. The largest absolute Gasteiger partial charge is 0.465 e. The Kier molecular flexibility index (Phi) is 2.68. The molecule has 0 bridgehead atoms. The number of furan rings is 1. The van der Waals surface area contributed by atoms with Gasteiger partial charge in [-0.3, -0.25) is 0 Å². The maximum absolute atomic E-state index is 5.58. The van der Waals surface area contributed by atoms with Gasteiger partial charge in [-0.05, 0) is 19.1 Å². The van der Waals surface area contributed by atoms with Crippen LogP contribution in [0.3, 0.4) is 0 Å². The Hall–Kier alpha value is -0.800. The highest BCUT2D eigenvalue weighted by atomic mass is 16.3. The summed E-state index contributed by atoms with van der Waals surface area (Å²) in [6.07, 6.45) is 0.778. The summed E-state index contributed by atoms with van der Waals surface area (Å²) in [5.41, 5.74) is 11.0. The number of hydrogen-bond donors (Lipinski definition) is 2. The van der Waals surface area contributed by atoms with Gasteiger partial charge in [0.25, 0.3) is 0 Å². The second-order valence-corrected chi connectivity index (χ2v) is 2.75. The first kappa shape index (κ1) is 8.30. The normalized spacial score (nSPS) is 13.4. The molecule has 1 aromatic rings. The topological polar surface area (TPSA) is 65.2 Å². The monoisotopic (exact) mass is 154 g/mol. The molecule has 3 nitrogen and oxygen atoms in total. The second kappa shape index (κ2) is 3.55. The van der Waals surface area contributed by atoms with E-state index in [4.69, 9.17) is 15.9 Å². The Morgan fingerprint density at radius 2 is 2.09 bits per heavy atom. The molecule has 1 heterocycles. The Balaban J connectivity index is 2.58. The zero-order chi connectivity index (χ0) is 8.27. The maximum atomic E-state index is 5.58. The van der Waals surface area contributed by atoms with Gasteiger partial charge < -0.3 is 15.9 Å². The van der Waals surface area contributed by atoms with E-state index in [1.807, 2.05) is 19.1 Å². The first-order chi connectivity index (χ1) is 5.22. The van der Waals surface area contributed by atoms with Crippen LogP contribution in [-0.2, 0) is 13.0 Å². The molecule has 62 valence electrons. The Morgan fingerprint density at radius 3 is 2.55 bits per heavy atom. The first-order valence-corrected chi connectivity index (χ1v) is 3.75. The van der Waals surface area contributed by atoms with Crippen molar-refractivity contribution in [1.82, 2.24) is 0 Å². The molecule has 0 aromatic carbocycles. The summed E-state index contributed by atoms with van der Waals surface area (Å²) >= 11 is 0. The van der Waals surface area contributed by atoms with E-state index in [0.29, 0.717) is 6.54 Å². The van der Waals surface area contributed by atoms with Crippen LogP contribution >= 0.6 is 0 Å². The van der Waals surface area contributed by atoms with Crippen molar-refractivity contribution in [2.75, 3.05) is 0 Å². The van der Waals surface area contributed by atoms with Crippen LogP contribution in [0.15, 0.2) is 16.5 Å². The van der Waals surface area contributed by atoms with Crippen LogP contribution in [0.1, 0.15) is 18.4 Å². The third-order valence-electron chi connectivity index (χ3n) is 1.44. The molecule has 1 aromatic heterocycles. The molecule has 3 heteroatoms. The predicted octanol–water partition coefficient (Wildman–Crippen LogP) is 0.628. The molecule has 1 rings (SSSR count). The van der Waals surface area contributed by atoms with Crippen molar-refractivity contribution in [2.45, 2.75) is 25.9 Å². The highest BCUT2D eigenvalue weighted by Gasteiger charge is 2.02. The van der Waals surface area contributed by atoms with Gasteiger partial charge in [0.1, 0.15) is 11.5 Å². The van der Waals surface area contributed by atoms with Crippen molar-refractivity contribution in [2.24, 2.45) is 11.5 Å². The Morgan fingerprint density at radius 1 is 1.45 bits per heavy atom. The van der Waals surface area contributed by atoms with Gasteiger partial charge in [-0.1, -0.05) is 0 Å². The van der Waals surface area contributed by atoms with E-state index >= 15 is 0 Å². The fraction of sp³-hybridized carbons (Fsp3) is 0.500. The molecular formula is C8H14N2O. The molecule has 0 fully saturated rings. The summed E-state index contributed by atoms with van der Waals surface area (Å²) in [7, 11) is 0. The molecule has 0 radical (unpaired) electrons. The van der Waals surface area contributed by atoms with E-state index in [0.717, 1.165) is 17.9 Å². The van der Waals surface area contributed by atoms with Crippen LogP contribution < -0.4 is 11.5 Å². The third kappa shape index (κ3) is 2.37. The predicted molar refractivity (Wildman–Crippen MR) is 44.0 cm³/mol. The van der Waals surface area contributed by atoms with Crippen molar-refractivity contribution < 1.29 is 4.42 Å². The summed E-state index contributed by atoms with van der Waals surface area (Å²) in [6, 6.07) is 3.95. The van der Waals surface area contributed by atoms with Crippen LogP contribution in [0.2, 0.25) is 0 Å². The van der Waals surface area contributed by atoms with Crippen LogP contribution in [0.25, 0.3) is 0 Å². The van der Waals surface area contributed by atoms with Gasteiger partial charge in [0.05, 0.1) is 6.54 Å². The Bertz CT molecular complexity index is 218. The van der Waals surface area contributed by atoms with Gasteiger partial charge in [-0.15, -0.1) is 0 Å². The smallest absolute Gasteiger partial charge is 0.117 e. The highest BCUT2D eigenvalue weighted by Crippen LogP contribution is 2.08. The molecule has 0 aliphatic rings. The van der Waals surface area contributed by atoms with Crippen molar-refractivity contribution in [1.29, 1.82) is 0 Å². The Labute approximate surface area is 66.4 Å². The standard InChI is InChI=1S/C8H14N2O/c1-6(10)4-7-2-3-8(5-9)11-7/h2-3,6H,4-5,9-10H2,1H3. The summed E-state index contributed by atoms with van der Waals surface area (Å²) in [5.74, 6) is 1.74. The van der Waals surface area contributed by atoms with Crippen LogP contribution in [-0.4, -0.2) is 6.04 Å². The zero-order valence-electron chi connectivity index (χ0n) is 6.71. The van der Waals surface area contributed by atoms with Gasteiger partial charge >= 0.3 is 0 Å². The minimum Gasteiger partial charge on any atom is -0.465 e. The minimum atomic E-state index is 0.145. The molecular weight excluding hydrogens is 140 g/mol. The molecule has 0 saturated heterocycles. The van der Waals surface area contributed by atoms with Gasteiger partial charge in [0.2, 0.25) is 0 Å². The molecule has 11 heavy (non-hydrogen) atoms. The quantitative estimate of drug-likeness (QED) is 0.671. The lowest BCUT2D eigenvalue weighted by Crippen LogP contribution is -2.17. The summed E-state index contributed by atoms with van der Waals surface area (Å²) in [5, 5.41) is 0. The average molecular weight is 154 g/mol. The summed E-state index contributed by atoms with van der Waals surface area (Å²) in [4.78, 5) is 0. The third-order valence-corrected chi connectivity index (χ3v) is 1.44. The lowest BCUT2D eigenvalue weighted by atomic mass is 10.2. The van der Waals surface area contributed by atoms with Crippen LogP contribution in [0.4, 0.5) is 0 Å². The molecule has 0 aliphatic heterocycles. The minimum absolute atomic E-state index is 0.145. The second-order valence-electron chi connectivity index (χ2n) is 2.75. The van der Waals surface area contributed by atoms with E-state index in [2.05, 4.69) is 0 Å². The number of hydrogen-bond acceptors (Lipinski definition) is 3. The van der Waals surface area contributed by atoms with Crippen molar-refractivity contribution in [3.05, 3.63) is 23.7 Å². The molecule has 0 spiro atoms. The molecule has 0 saturated carbocycles. The van der Waals surface area contributed by atoms with Crippen LogP contribution in [0.5, 0.6) is 0 Å². The van der Waals surface area contributed by atoms with E-state index in [-0.39, 0.29) is 6.04 Å². The summed E-state index contributed by atoms with van der Waals surface area (Å²) < 4.78 is 5.34. The lowest BCUT2D eigenvalue weighted by molar-refractivity contribution is 0.454. The zero-order valence-corrected chi connectivity index (χ0v) is 6.71. The highest BCUT2D eigenvalue weighted by molar-refractivity contribution is 5.07. The SMILES string of the molecule is CC(N)Cc1ccc(CN)o1. The van der Waals surface area contributed by atoms with Gasteiger partial charge in [-0.25, -0.2) is 0 Å². The molecule has 4 N–H and O–H groups in total. The number of rotatable bonds is 3. The average Bonchev–Trinajstić information content (AvgIpc) is 2.34. The first-order valence-electron chi connectivity index (χ1n) is 3.75. The van der Waals surface area contributed by atoms with Gasteiger partial charge in [0, 0.05) is 12.5 Å². The van der Waals surface area contributed by atoms with Crippen molar-refractivity contribution in [3.8, 4) is 0 Å². The molecule has 0 aliphatic carbocycles. The molecule has 1 atom stereocenters. The lowest BCUT2D eigenvalue weighted by Gasteiger charge is -1.99. The van der Waals surface area contributed by atoms with E-state index in [9.17, 15) is 0 Å². The fourth-order valence-corrected chi connectivity index (χ4v) is 0.959. The van der Waals surface area contributed by atoms with E-state index in [1.54, 1.807) is 0 Å². The van der Waals surface area contributed by atoms with Crippen LogP contribution in [0, 0.1) is 0 Å². The van der Waals surface area contributed by atoms with Crippen molar-refractivity contribution in [3.63, 3.8) is 0 Å². The van der Waals surface area contributed by atoms with E-state index in [1.165, 1.54) is 0 Å². The molecule has 1 unspecified atom stereocenters. The van der Waals surface area contributed by atoms with Gasteiger partial charge in [0.15, 0.2) is 0 Å². The van der Waals surface area contributed by atoms with Gasteiger partial charge in [-0.2, -0.15) is 0 Å². The maximum Gasteiger partial charge on any atom is 0.117 e.